The van der Waals surface area contributed by atoms with Crippen LogP contribution in [0.4, 0.5) is 0 Å². The lowest BCUT2D eigenvalue weighted by molar-refractivity contribution is 0.620. The fourth-order valence-corrected chi connectivity index (χ4v) is 5.91. The van der Waals surface area contributed by atoms with E-state index < -0.39 is 0 Å². The molecule has 0 radical (unpaired) electrons. The van der Waals surface area contributed by atoms with Crippen LogP contribution in [0.5, 0.6) is 0 Å². The number of nitrogens with zero attached hydrogens (tertiary/aromatic N) is 4. The first-order chi connectivity index (χ1) is 22.8. The number of hydrogen-bond acceptors (Lipinski definition) is 6. The van der Waals surface area contributed by atoms with Gasteiger partial charge in [0, 0.05) is 38.6 Å². The summed E-state index contributed by atoms with van der Waals surface area (Å²) in [6.07, 6.45) is 0. The Morgan fingerprint density at radius 1 is 0.348 bits per heavy atom. The number of benzene rings is 6. The molecule has 0 atom stereocenters. The summed E-state index contributed by atoms with van der Waals surface area (Å²) >= 11 is 0. The molecule has 46 heavy (non-hydrogen) atoms. The lowest BCUT2D eigenvalue weighted by Crippen LogP contribution is -2.00. The maximum Gasteiger partial charge on any atom is 0.227 e. The summed E-state index contributed by atoms with van der Waals surface area (Å²) in [4.78, 5) is 19.5. The van der Waals surface area contributed by atoms with E-state index in [-0.39, 0.29) is 0 Å². The lowest BCUT2D eigenvalue weighted by Gasteiger charge is -2.08. The predicted octanol–water partition coefficient (Wildman–Crippen LogP) is 10.2. The van der Waals surface area contributed by atoms with Crippen molar-refractivity contribution >= 4 is 33.0 Å². The second-order valence-corrected chi connectivity index (χ2v) is 11.1. The smallest absolute Gasteiger partial charge is 0.227 e. The van der Waals surface area contributed by atoms with E-state index in [2.05, 4.69) is 30.3 Å². The fraction of sp³-hybridized carbons (Fsp3) is 0. The summed E-state index contributed by atoms with van der Waals surface area (Å²) in [5.41, 5.74) is 8.83. The van der Waals surface area contributed by atoms with Crippen LogP contribution in [0.15, 0.2) is 154 Å². The van der Waals surface area contributed by atoms with Crippen molar-refractivity contribution in [2.75, 3.05) is 0 Å². The zero-order valence-corrected chi connectivity index (χ0v) is 24.5. The summed E-state index contributed by atoms with van der Waals surface area (Å²) in [6, 6.07) is 48.3. The molecule has 3 aromatic heterocycles. The highest BCUT2D eigenvalue weighted by Gasteiger charge is 2.17. The van der Waals surface area contributed by atoms with Crippen LogP contribution in [0.3, 0.4) is 0 Å². The molecule has 216 valence electrons. The molecule has 0 aliphatic rings. The van der Waals surface area contributed by atoms with Gasteiger partial charge in [0.15, 0.2) is 23.1 Å². The molecule has 3 heterocycles. The standard InChI is InChI=1S/C40H24N4O2/c1-4-11-25(12-5-1)37-42-38(26-13-6-2-7-14-26)44-39(43-37)29-20-22-33-32(23-29)31-21-19-28(24-35(31)45-33)30-17-10-18-34-36(30)41-40(46-34)27-15-8-3-9-16-27/h1-24H. The van der Waals surface area contributed by atoms with Gasteiger partial charge in [-0.25, -0.2) is 19.9 Å². The normalized spacial score (nSPS) is 11.5. The van der Waals surface area contributed by atoms with Gasteiger partial charge in [-0.05, 0) is 54.1 Å². The Kier molecular flexibility index (Phi) is 6.03. The lowest BCUT2D eigenvalue weighted by atomic mass is 10.0. The van der Waals surface area contributed by atoms with E-state index in [1.807, 2.05) is 115 Å². The monoisotopic (exact) mass is 592 g/mol. The molecule has 0 saturated carbocycles. The van der Waals surface area contributed by atoms with Crippen LogP contribution in [0.25, 0.3) is 89.8 Å². The molecule has 0 spiro atoms. The van der Waals surface area contributed by atoms with E-state index in [9.17, 15) is 0 Å². The Bertz CT molecular complexity index is 2460. The minimum Gasteiger partial charge on any atom is -0.456 e. The van der Waals surface area contributed by atoms with E-state index in [1.54, 1.807) is 0 Å². The van der Waals surface area contributed by atoms with Crippen molar-refractivity contribution < 1.29 is 8.83 Å². The maximum absolute atomic E-state index is 6.38. The number of oxazole rings is 1. The average molecular weight is 593 g/mol. The topological polar surface area (TPSA) is 77.8 Å². The second kappa shape index (κ2) is 10.6. The molecule has 9 aromatic rings. The van der Waals surface area contributed by atoms with Crippen LogP contribution < -0.4 is 0 Å². The van der Waals surface area contributed by atoms with Gasteiger partial charge in [0.05, 0.1) is 0 Å². The highest BCUT2D eigenvalue weighted by atomic mass is 16.3. The molecule has 9 rings (SSSR count). The number of para-hydroxylation sites is 1. The van der Waals surface area contributed by atoms with Crippen LogP contribution >= 0.6 is 0 Å². The van der Waals surface area contributed by atoms with Crippen molar-refractivity contribution in [3.8, 4) is 56.7 Å². The molecule has 0 fully saturated rings. The molecule has 0 amide bonds. The van der Waals surface area contributed by atoms with Crippen molar-refractivity contribution in [2.24, 2.45) is 0 Å². The zero-order chi connectivity index (χ0) is 30.5. The SMILES string of the molecule is c1ccc(-c2nc(-c3ccccc3)nc(-c3ccc4oc5cc(-c6cccc7oc(-c8ccccc8)nc67)ccc5c4c3)n2)cc1. The third-order valence-corrected chi connectivity index (χ3v) is 8.18. The molecule has 6 aromatic carbocycles. The summed E-state index contributed by atoms with van der Waals surface area (Å²) in [6.45, 7) is 0. The fourth-order valence-electron chi connectivity index (χ4n) is 5.91. The van der Waals surface area contributed by atoms with Crippen LogP contribution in [0.2, 0.25) is 0 Å². The van der Waals surface area contributed by atoms with Gasteiger partial charge in [-0.15, -0.1) is 0 Å². The predicted molar refractivity (Wildman–Crippen MR) is 182 cm³/mol. The van der Waals surface area contributed by atoms with Gasteiger partial charge >= 0.3 is 0 Å². The summed E-state index contributed by atoms with van der Waals surface area (Å²) in [5, 5.41) is 2.01. The molecule has 0 N–H and O–H groups in total. The van der Waals surface area contributed by atoms with Gasteiger partial charge in [0.25, 0.3) is 0 Å². The molecule has 0 aliphatic carbocycles. The van der Waals surface area contributed by atoms with E-state index in [4.69, 9.17) is 28.8 Å². The van der Waals surface area contributed by atoms with E-state index in [0.29, 0.717) is 23.4 Å². The van der Waals surface area contributed by atoms with Gasteiger partial charge < -0.3 is 8.83 Å². The Balaban J connectivity index is 1.15. The number of hydrogen-bond donors (Lipinski definition) is 0. The Hall–Kier alpha value is -6.40. The largest absolute Gasteiger partial charge is 0.456 e. The maximum atomic E-state index is 6.38. The van der Waals surface area contributed by atoms with Crippen molar-refractivity contribution in [1.82, 2.24) is 19.9 Å². The third-order valence-electron chi connectivity index (χ3n) is 8.18. The van der Waals surface area contributed by atoms with Crippen LogP contribution in [-0.2, 0) is 0 Å². The first-order valence-corrected chi connectivity index (χ1v) is 15.1. The summed E-state index contributed by atoms with van der Waals surface area (Å²) in [7, 11) is 0. The Morgan fingerprint density at radius 3 is 1.63 bits per heavy atom. The number of furan rings is 1. The molecule has 0 aliphatic heterocycles. The quantitative estimate of drug-likeness (QED) is 0.198. The van der Waals surface area contributed by atoms with Crippen molar-refractivity contribution in [3.63, 3.8) is 0 Å². The van der Waals surface area contributed by atoms with Crippen LogP contribution in [-0.4, -0.2) is 19.9 Å². The Labute approximate surface area is 263 Å². The molecule has 0 bridgehead atoms. The number of aromatic nitrogens is 4. The Morgan fingerprint density at radius 2 is 0.957 bits per heavy atom. The van der Waals surface area contributed by atoms with E-state index in [0.717, 1.165) is 66.4 Å². The molecular weight excluding hydrogens is 568 g/mol. The van der Waals surface area contributed by atoms with E-state index >= 15 is 0 Å². The minimum atomic E-state index is 0.601. The van der Waals surface area contributed by atoms with Crippen molar-refractivity contribution in [3.05, 3.63) is 146 Å². The number of rotatable bonds is 5. The summed E-state index contributed by atoms with van der Waals surface area (Å²) in [5.74, 6) is 2.46. The third kappa shape index (κ3) is 4.52. The second-order valence-electron chi connectivity index (χ2n) is 11.1. The molecule has 6 nitrogen and oxygen atoms in total. The highest BCUT2D eigenvalue weighted by Crippen LogP contribution is 2.37. The zero-order valence-electron chi connectivity index (χ0n) is 24.5. The highest BCUT2D eigenvalue weighted by molar-refractivity contribution is 6.08. The molecular formula is C40H24N4O2. The molecule has 0 unspecified atom stereocenters. The number of fused-ring (bicyclic) bond motifs is 4. The first-order valence-electron chi connectivity index (χ1n) is 15.1. The average Bonchev–Trinajstić information content (AvgIpc) is 3.74. The minimum absolute atomic E-state index is 0.601. The van der Waals surface area contributed by atoms with Crippen molar-refractivity contribution in [2.45, 2.75) is 0 Å². The van der Waals surface area contributed by atoms with Gasteiger partial charge in [0.1, 0.15) is 16.7 Å². The van der Waals surface area contributed by atoms with Gasteiger partial charge in [0.2, 0.25) is 5.89 Å². The van der Waals surface area contributed by atoms with Gasteiger partial charge in [-0.2, -0.15) is 0 Å². The van der Waals surface area contributed by atoms with Crippen molar-refractivity contribution in [1.29, 1.82) is 0 Å². The van der Waals surface area contributed by atoms with Gasteiger partial charge in [-0.3, -0.25) is 0 Å². The molecule has 0 saturated heterocycles. The summed E-state index contributed by atoms with van der Waals surface area (Å²) < 4.78 is 12.5. The van der Waals surface area contributed by atoms with Gasteiger partial charge in [-0.1, -0.05) is 97.1 Å². The van der Waals surface area contributed by atoms with Crippen LogP contribution in [0.1, 0.15) is 0 Å². The van der Waals surface area contributed by atoms with Crippen LogP contribution in [0, 0.1) is 0 Å². The van der Waals surface area contributed by atoms with E-state index in [1.165, 1.54) is 0 Å². The first kappa shape index (κ1) is 26.0. The molecule has 6 heteroatoms.